The smallest absolute Gasteiger partial charge is 0.328 e. The van der Waals surface area contributed by atoms with Gasteiger partial charge in [0.05, 0.1) is 0 Å². The second kappa shape index (κ2) is 7.13. The fraction of sp³-hybridized carbons (Fsp3) is 0.471. The standard InChI is InChI=1S/C17H23NO2/c1-2-5-15-6-3-4-13-18(15)16-10-7-14(8-11-16)9-12-17(19)20/h7-12,15H,2-6,13H2,1H3,(H,19,20)/b12-9+. The lowest BCUT2D eigenvalue weighted by molar-refractivity contribution is -0.131. The van der Waals surface area contributed by atoms with E-state index in [0.717, 1.165) is 12.1 Å². The highest BCUT2D eigenvalue weighted by molar-refractivity contribution is 5.85. The molecule has 0 spiro atoms. The van der Waals surface area contributed by atoms with E-state index in [1.165, 1.54) is 43.9 Å². The van der Waals surface area contributed by atoms with E-state index in [2.05, 4.69) is 24.0 Å². The Hall–Kier alpha value is -1.77. The Balaban J connectivity index is 2.09. The Labute approximate surface area is 120 Å². The molecule has 1 N–H and O–H groups in total. The van der Waals surface area contributed by atoms with Crippen molar-refractivity contribution < 1.29 is 9.90 Å². The number of anilines is 1. The molecular weight excluding hydrogens is 250 g/mol. The number of carboxylic acids is 1. The minimum absolute atomic E-state index is 0.661. The van der Waals surface area contributed by atoms with Crippen LogP contribution in [0.5, 0.6) is 0 Å². The maximum Gasteiger partial charge on any atom is 0.328 e. The van der Waals surface area contributed by atoms with Crippen molar-refractivity contribution in [2.24, 2.45) is 0 Å². The molecule has 0 bridgehead atoms. The summed E-state index contributed by atoms with van der Waals surface area (Å²) in [6, 6.07) is 8.86. The minimum Gasteiger partial charge on any atom is -0.478 e. The average Bonchev–Trinajstić information content (AvgIpc) is 2.47. The first kappa shape index (κ1) is 14.6. The third-order valence-electron chi connectivity index (χ3n) is 3.89. The Kier molecular flexibility index (Phi) is 5.22. The second-order valence-corrected chi connectivity index (χ2v) is 5.39. The molecule has 1 aliphatic heterocycles. The fourth-order valence-electron chi connectivity index (χ4n) is 2.92. The summed E-state index contributed by atoms with van der Waals surface area (Å²) >= 11 is 0. The van der Waals surface area contributed by atoms with Crippen molar-refractivity contribution in [3.63, 3.8) is 0 Å². The molecule has 1 saturated heterocycles. The van der Waals surface area contributed by atoms with Gasteiger partial charge in [0.25, 0.3) is 0 Å². The zero-order chi connectivity index (χ0) is 14.4. The molecule has 0 saturated carbocycles. The number of carboxylic acid groups (broad SMARTS) is 1. The predicted octanol–water partition coefficient (Wildman–Crippen LogP) is 3.94. The average molecular weight is 273 g/mol. The fourth-order valence-corrected chi connectivity index (χ4v) is 2.92. The molecule has 1 fully saturated rings. The zero-order valence-electron chi connectivity index (χ0n) is 12.1. The van der Waals surface area contributed by atoms with E-state index >= 15 is 0 Å². The number of carbonyl (C=O) groups is 1. The molecule has 0 amide bonds. The van der Waals surface area contributed by atoms with E-state index in [9.17, 15) is 4.79 Å². The van der Waals surface area contributed by atoms with Crippen LogP contribution < -0.4 is 4.90 Å². The van der Waals surface area contributed by atoms with Crippen LogP contribution >= 0.6 is 0 Å². The van der Waals surface area contributed by atoms with Crippen LogP contribution in [0.4, 0.5) is 5.69 Å². The van der Waals surface area contributed by atoms with Gasteiger partial charge in [-0.15, -0.1) is 0 Å². The third kappa shape index (κ3) is 3.86. The van der Waals surface area contributed by atoms with Crippen molar-refractivity contribution in [2.75, 3.05) is 11.4 Å². The van der Waals surface area contributed by atoms with E-state index in [0.29, 0.717) is 6.04 Å². The SMILES string of the molecule is CCCC1CCCCN1c1ccc(/C=C/C(=O)O)cc1. The third-order valence-corrected chi connectivity index (χ3v) is 3.89. The van der Waals surface area contributed by atoms with Crippen molar-refractivity contribution in [3.8, 4) is 0 Å². The number of hydrogen-bond donors (Lipinski definition) is 1. The Morgan fingerprint density at radius 1 is 1.35 bits per heavy atom. The van der Waals surface area contributed by atoms with Gasteiger partial charge in [-0.3, -0.25) is 0 Å². The van der Waals surface area contributed by atoms with Crippen molar-refractivity contribution in [1.29, 1.82) is 0 Å². The first-order chi connectivity index (χ1) is 9.70. The lowest BCUT2D eigenvalue weighted by Crippen LogP contribution is -2.39. The molecule has 0 aromatic heterocycles. The van der Waals surface area contributed by atoms with Gasteiger partial charge in [-0.05, 0) is 49.5 Å². The van der Waals surface area contributed by atoms with Gasteiger partial charge in [-0.2, -0.15) is 0 Å². The molecule has 3 heteroatoms. The number of aliphatic carboxylic acids is 1. The predicted molar refractivity (Wildman–Crippen MR) is 83.0 cm³/mol. The molecule has 1 heterocycles. The van der Waals surface area contributed by atoms with Crippen LogP contribution in [0, 0.1) is 0 Å². The lowest BCUT2D eigenvalue weighted by atomic mass is 9.97. The quantitative estimate of drug-likeness (QED) is 0.826. The van der Waals surface area contributed by atoms with Gasteiger partial charge in [0.2, 0.25) is 0 Å². The Morgan fingerprint density at radius 3 is 2.75 bits per heavy atom. The monoisotopic (exact) mass is 273 g/mol. The van der Waals surface area contributed by atoms with Crippen LogP contribution in [0.25, 0.3) is 6.08 Å². The minimum atomic E-state index is -0.909. The highest BCUT2D eigenvalue weighted by Gasteiger charge is 2.21. The van der Waals surface area contributed by atoms with Crippen molar-refractivity contribution in [3.05, 3.63) is 35.9 Å². The molecule has 20 heavy (non-hydrogen) atoms. The van der Waals surface area contributed by atoms with Crippen LogP contribution in [-0.4, -0.2) is 23.7 Å². The second-order valence-electron chi connectivity index (χ2n) is 5.39. The number of piperidine rings is 1. The molecule has 0 radical (unpaired) electrons. The number of nitrogens with zero attached hydrogens (tertiary/aromatic N) is 1. The van der Waals surface area contributed by atoms with Crippen LogP contribution in [-0.2, 0) is 4.79 Å². The van der Waals surface area contributed by atoms with Crippen LogP contribution in [0.3, 0.4) is 0 Å². The van der Waals surface area contributed by atoms with E-state index < -0.39 is 5.97 Å². The molecule has 1 unspecified atom stereocenters. The summed E-state index contributed by atoms with van der Waals surface area (Å²) in [5.41, 5.74) is 2.19. The summed E-state index contributed by atoms with van der Waals surface area (Å²) in [6.07, 6.45) is 9.17. The summed E-state index contributed by atoms with van der Waals surface area (Å²) < 4.78 is 0. The summed E-state index contributed by atoms with van der Waals surface area (Å²) in [7, 11) is 0. The molecular formula is C17H23NO2. The molecule has 3 nitrogen and oxygen atoms in total. The largest absolute Gasteiger partial charge is 0.478 e. The topological polar surface area (TPSA) is 40.5 Å². The van der Waals surface area contributed by atoms with Crippen molar-refractivity contribution >= 4 is 17.7 Å². The first-order valence-electron chi connectivity index (χ1n) is 7.48. The van der Waals surface area contributed by atoms with E-state index in [4.69, 9.17) is 5.11 Å². The van der Waals surface area contributed by atoms with Crippen LogP contribution in [0.15, 0.2) is 30.3 Å². The van der Waals surface area contributed by atoms with Crippen LogP contribution in [0.1, 0.15) is 44.6 Å². The Bertz CT molecular complexity index is 462. The normalized spacial score (nSPS) is 19.4. The van der Waals surface area contributed by atoms with Crippen molar-refractivity contribution in [1.82, 2.24) is 0 Å². The molecule has 0 aliphatic carbocycles. The van der Waals surface area contributed by atoms with Gasteiger partial charge in [-0.25, -0.2) is 4.79 Å². The maximum atomic E-state index is 10.5. The molecule has 108 valence electrons. The molecule has 1 aliphatic rings. The van der Waals surface area contributed by atoms with Gasteiger partial charge < -0.3 is 10.0 Å². The summed E-state index contributed by atoms with van der Waals surface area (Å²) in [5.74, 6) is -0.909. The highest BCUT2D eigenvalue weighted by atomic mass is 16.4. The molecule has 1 aromatic rings. The number of hydrogen-bond acceptors (Lipinski definition) is 2. The van der Waals surface area contributed by atoms with Crippen LogP contribution in [0.2, 0.25) is 0 Å². The summed E-state index contributed by atoms with van der Waals surface area (Å²) in [4.78, 5) is 13.0. The lowest BCUT2D eigenvalue weighted by Gasteiger charge is -2.37. The van der Waals surface area contributed by atoms with E-state index in [-0.39, 0.29) is 0 Å². The molecule has 2 rings (SSSR count). The molecule has 1 aromatic carbocycles. The summed E-state index contributed by atoms with van der Waals surface area (Å²) in [6.45, 7) is 3.38. The number of benzene rings is 1. The Morgan fingerprint density at radius 2 is 2.10 bits per heavy atom. The zero-order valence-corrected chi connectivity index (χ0v) is 12.1. The maximum absolute atomic E-state index is 10.5. The first-order valence-corrected chi connectivity index (χ1v) is 7.48. The van der Waals surface area contributed by atoms with E-state index in [1.54, 1.807) is 6.08 Å². The van der Waals surface area contributed by atoms with E-state index in [1.807, 2.05) is 12.1 Å². The van der Waals surface area contributed by atoms with Gasteiger partial charge in [0, 0.05) is 24.4 Å². The van der Waals surface area contributed by atoms with Gasteiger partial charge in [-0.1, -0.05) is 25.5 Å². The molecule has 1 atom stereocenters. The summed E-state index contributed by atoms with van der Waals surface area (Å²) in [5, 5.41) is 8.63. The highest BCUT2D eigenvalue weighted by Crippen LogP contribution is 2.27. The van der Waals surface area contributed by atoms with Gasteiger partial charge in [0.1, 0.15) is 0 Å². The van der Waals surface area contributed by atoms with Gasteiger partial charge >= 0.3 is 5.97 Å². The van der Waals surface area contributed by atoms with Gasteiger partial charge in [0.15, 0.2) is 0 Å². The number of rotatable bonds is 5. The van der Waals surface area contributed by atoms with Crippen molar-refractivity contribution in [2.45, 2.75) is 45.1 Å².